The van der Waals surface area contributed by atoms with Crippen LogP contribution in [0.5, 0.6) is 0 Å². The van der Waals surface area contributed by atoms with E-state index in [0.717, 1.165) is 19.5 Å². The third kappa shape index (κ3) is 4.11. The van der Waals surface area contributed by atoms with Gasteiger partial charge in [0, 0.05) is 25.2 Å². The van der Waals surface area contributed by atoms with Crippen molar-refractivity contribution in [2.45, 2.75) is 38.9 Å². The Labute approximate surface area is 141 Å². The molecular formula is C17H23N5O2. The third-order valence-electron chi connectivity index (χ3n) is 4.35. The van der Waals surface area contributed by atoms with E-state index in [9.17, 15) is 4.79 Å². The molecule has 0 spiro atoms. The van der Waals surface area contributed by atoms with Gasteiger partial charge in [0.15, 0.2) is 5.82 Å². The fraction of sp³-hybridized carbons (Fsp3) is 0.471. The van der Waals surface area contributed by atoms with Gasteiger partial charge in [-0.2, -0.15) is 4.98 Å². The van der Waals surface area contributed by atoms with Crippen LogP contribution in [-0.4, -0.2) is 40.2 Å². The number of hydrogen-bond acceptors (Lipinski definition) is 5. The monoisotopic (exact) mass is 329 g/mol. The highest BCUT2D eigenvalue weighted by Crippen LogP contribution is 2.24. The van der Waals surface area contributed by atoms with Gasteiger partial charge in [-0.1, -0.05) is 35.5 Å². The minimum atomic E-state index is -0.204. The number of carbonyl (C=O) groups excluding carboxylic acids is 1. The maximum atomic E-state index is 12.0. The Balaban J connectivity index is 1.44. The van der Waals surface area contributed by atoms with Crippen LogP contribution in [0.15, 0.2) is 34.9 Å². The van der Waals surface area contributed by atoms with E-state index >= 15 is 0 Å². The lowest BCUT2D eigenvalue weighted by Crippen LogP contribution is -2.43. The number of benzene rings is 1. The normalized spacial score (nSPS) is 19.2. The molecule has 0 unspecified atom stereocenters. The average molecular weight is 329 g/mol. The molecule has 24 heavy (non-hydrogen) atoms. The zero-order valence-electron chi connectivity index (χ0n) is 14.0. The molecule has 1 aliphatic heterocycles. The maximum Gasteiger partial charge on any atom is 0.315 e. The summed E-state index contributed by atoms with van der Waals surface area (Å²) in [7, 11) is 0. The predicted octanol–water partition coefficient (Wildman–Crippen LogP) is 2.01. The van der Waals surface area contributed by atoms with Crippen LogP contribution in [0.2, 0.25) is 0 Å². The second kappa shape index (κ2) is 7.44. The number of carbonyl (C=O) groups is 1. The number of aryl methyl sites for hydroxylation is 1. The summed E-state index contributed by atoms with van der Waals surface area (Å²) < 4.78 is 4.97. The van der Waals surface area contributed by atoms with Crippen molar-refractivity contribution < 1.29 is 9.32 Å². The van der Waals surface area contributed by atoms with E-state index in [4.69, 9.17) is 4.52 Å². The van der Waals surface area contributed by atoms with Gasteiger partial charge in [0.2, 0.25) is 5.89 Å². The molecule has 2 aromatic rings. The Morgan fingerprint density at radius 2 is 2.21 bits per heavy atom. The first-order valence-corrected chi connectivity index (χ1v) is 8.24. The smallest absolute Gasteiger partial charge is 0.315 e. The quantitative estimate of drug-likeness (QED) is 0.877. The van der Waals surface area contributed by atoms with Gasteiger partial charge in [-0.15, -0.1) is 0 Å². The molecule has 2 heterocycles. The Morgan fingerprint density at radius 3 is 2.92 bits per heavy atom. The number of nitrogens with zero attached hydrogens (tertiary/aromatic N) is 3. The standard InChI is InChI=1S/C17H23N5O2/c1-12(14-6-4-3-5-7-14)22-9-8-15(11-22)20-17(23)18-10-16-19-13(2)21-24-16/h3-7,12,15H,8-11H2,1-2H3,(H2,18,20,23)/t12-,15-/m0/s1. The molecule has 1 aromatic carbocycles. The third-order valence-corrected chi connectivity index (χ3v) is 4.35. The van der Waals surface area contributed by atoms with Gasteiger partial charge in [-0.3, -0.25) is 4.90 Å². The summed E-state index contributed by atoms with van der Waals surface area (Å²) in [5.74, 6) is 0.974. The summed E-state index contributed by atoms with van der Waals surface area (Å²) in [5, 5.41) is 9.45. The highest BCUT2D eigenvalue weighted by molar-refractivity contribution is 5.74. The van der Waals surface area contributed by atoms with Crippen LogP contribution in [-0.2, 0) is 6.54 Å². The molecule has 128 valence electrons. The predicted molar refractivity (Wildman–Crippen MR) is 89.2 cm³/mol. The van der Waals surface area contributed by atoms with E-state index < -0.39 is 0 Å². The first-order chi connectivity index (χ1) is 11.6. The summed E-state index contributed by atoms with van der Waals surface area (Å²) >= 11 is 0. The van der Waals surface area contributed by atoms with Crippen molar-refractivity contribution >= 4 is 6.03 Å². The first kappa shape index (κ1) is 16.4. The van der Waals surface area contributed by atoms with Crippen molar-refractivity contribution in [2.24, 2.45) is 0 Å². The van der Waals surface area contributed by atoms with E-state index in [0.29, 0.717) is 17.8 Å². The second-order valence-corrected chi connectivity index (χ2v) is 6.13. The van der Waals surface area contributed by atoms with Gasteiger partial charge in [0.25, 0.3) is 0 Å². The summed E-state index contributed by atoms with van der Waals surface area (Å²) in [6.45, 7) is 6.01. The van der Waals surface area contributed by atoms with Gasteiger partial charge in [0.1, 0.15) is 0 Å². The van der Waals surface area contributed by atoms with Crippen molar-refractivity contribution in [2.75, 3.05) is 13.1 Å². The molecule has 2 atom stereocenters. The molecule has 3 rings (SSSR count). The lowest BCUT2D eigenvalue weighted by Gasteiger charge is -2.24. The van der Waals surface area contributed by atoms with Crippen LogP contribution in [0.4, 0.5) is 4.79 Å². The van der Waals surface area contributed by atoms with E-state index in [1.807, 2.05) is 6.07 Å². The van der Waals surface area contributed by atoms with Crippen LogP contribution in [0.3, 0.4) is 0 Å². The Bertz CT molecular complexity index is 673. The molecule has 1 fully saturated rings. The summed E-state index contributed by atoms with van der Waals surface area (Å²) in [4.78, 5) is 18.4. The molecule has 7 nitrogen and oxygen atoms in total. The Morgan fingerprint density at radius 1 is 1.42 bits per heavy atom. The number of urea groups is 1. The van der Waals surface area contributed by atoms with E-state index in [1.54, 1.807) is 6.92 Å². The molecule has 1 saturated heterocycles. The van der Waals surface area contributed by atoms with Crippen LogP contribution in [0.1, 0.15) is 36.7 Å². The Hall–Kier alpha value is -2.41. The van der Waals surface area contributed by atoms with Gasteiger partial charge in [0.05, 0.1) is 6.54 Å². The minimum Gasteiger partial charge on any atom is -0.337 e. The van der Waals surface area contributed by atoms with Crippen molar-refractivity contribution in [3.63, 3.8) is 0 Å². The largest absolute Gasteiger partial charge is 0.337 e. The Kier molecular flexibility index (Phi) is 5.10. The van der Waals surface area contributed by atoms with E-state index in [2.05, 4.69) is 56.9 Å². The lowest BCUT2D eigenvalue weighted by molar-refractivity contribution is 0.230. The zero-order chi connectivity index (χ0) is 16.9. The van der Waals surface area contributed by atoms with Crippen molar-refractivity contribution in [1.82, 2.24) is 25.7 Å². The molecule has 1 aromatic heterocycles. The van der Waals surface area contributed by atoms with Crippen LogP contribution < -0.4 is 10.6 Å². The number of nitrogens with one attached hydrogen (secondary N) is 2. The number of hydrogen-bond donors (Lipinski definition) is 2. The average Bonchev–Trinajstić information content (AvgIpc) is 3.22. The molecule has 7 heteroatoms. The molecule has 2 amide bonds. The summed E-state index contributed by atoms with van der Waals surface area (Å²) in [5.41, 5.74) is 1.30. The molecule has 2 N–H and O–H groups in total. The maximum absolute atomic E-state index is 12.0. The summed E-state index contributed by atoms with van der Waals surface area (Å²) in [6, 6.07) is 10.7. The van der Waals surface area contributed by atoms with E-state index in [1.165, 1.54) is 5.56 Å². The fourth-order valence-electron chi connectivity index (χ4n) is 3.00. The van der Waals surface area contributed by atoms with Crippen molar-refractivity contribution in [3.05, 3.63) is 47.6 Å². The van der Waals surface area contributed by atoms with Crippen LogP contribution in [0, 0.1) is 6.92 Å². The molecule has 1 aliphatic rings. The van der Waals surface area contributed by atoms with Crippen LogP contribution in [0.25, 0.3) is 0 Å². The molecule has 0 aliphatic carbocycles. The highest BCUT2D eigenvalue weighted by atomic mass is 16.5. The van der Waals surface area contributed by atoms with Gasteiger partial charge >= 0.3 is 6.03 Å². The number of rotatable bonds is 5. The first-order valence-electron chi connectivity index (χ1n) is 8.24. The topological polar surface area (TPSA) is 83.3 Å². The lowest BCUT2D eigenvalue weighted by atomic mass is 10.1. The molecule has 0 radical (unpaired) electrons. The van der Waals surface area contributed by atoms with Crippen molar-refractivity contribution in [3.8, 4) is 0 Å². The minimum absolute atomic E-state index is 0.153. The van der Waals surface area contributed by atoms with Gasteiger partial charge in [-0.05, 0) is 25.8 Å². The number of amides is 2. The molecule has 0 bridgehead atoms. The van der Waals surface area contributed by atoms with Crippen molar-refractivity contribution in [1.29, 1.82) is 0 Å². The van der Waals surface area contributed by atoms with Gasteiger partial charge < -0.3 is 15.2 Å². The van der Waals surface area contributed by atoms with E-state index in [-0.39, 0.29) is 18.6 Å². The fourth-order valence-corrected chi connectivity index (χ4v) is 3.00. The summed E-state index contributed by atoms with van der Waals surface area (Å²) in [6.07, 6.45) is 0.949. The number of likely N-dealkylation sites (tertiary alicyclic amines) is 1. The van der Waals surface area contributed by atoms with Crippen LogP contribution >= 0.6 is 0 Å². The van der Waals surface area contributed by atoms with Gasteiger partial charge in [-0.25, -0.2) is 4.79 Å². The number of aromatic nitrogens is 2. The zero-order valence-corrected chi connectivity index (χ0v) is 14.0. The molecule has 0 saturated carbocycles. The highest BCUT2D eigenvalue weighted by Gasteiger charge is 2.27. The second-order valence-electron chi connectivity index (χ2n) is 6.13. The molecular weight excluding hydrogens is 306 g/mol. The SMILES string of the molecule is Cc1noc(CNC(=O)N[C@H]2CCN([C@@H](C)c3ccccc3)C2)n1.